The molecule has 0 aromatic carbocycles. The lowest BCUT2D eigenvalue weighted by Gasteiger charge is -2.33. The number of esters is 1. The Morgan fingerprint density at radius 2 is 2.16 bits per heavy atom. The summed E-state index contributed by atoms with van der Waals surface area (Å²) in [6, 6.07) is 1.28. The molecule has 2 fully saturated rings. The Morgan fingerprint density at radius 1 is 1.26 bits per heavy atom. The van der Waals surface area contributed by atoms with E-state index >= 15 is 0 Å². The van der Waals surface area contributed by atoms with Gasteiger partial charge in [0.1, 0.15) is 0 Å². The van der Waals surface area contributed by atoms with Gasteiger partial charge in [0.25, 0.3) is 0 Å². The summed E-state index contributed by atoms with van der Waals surface area (Å²) in [7, 11) is 0. The molecule has 1 aliphatic heterocycles. The fourth-order valence-electron chi connectivity index (χ4n) is 3.56. The van der Waals surface area contributed by atoms with E-state index in [0.717, 1.165) is 12.5 Å². The fraction of sp³-hybridized carbons (Fsp3) is 0.933. The number of piperidine rings is 1. The average Bonchev–Trinajstić information content (AvgIpc) is 2.88. The molecule has 1 heterocycles. The van der Waals surface area contributed by atoms with E-state index in [-0.39, 0.29) is 5.97 Å². The Bertz CT molecular complexity index is 277. The van der Waals surface area contributed by atoms with Gasteiger partial charge in [0.05, 0.1) is 13.0 Å². The van der Waals surface area contributed by atoms with Crippen LogP contribution in [0.4, 0.5) is 0 Å². The molecule has 0 amide bonds. The van der Waals surface area contributed by atoms with Gasteiger partial charge in [0.2, 0.25) is 0 Å². The molecule has 1 saturated heterocycles. The molecule has 110 valence electrons. The molecule has 0 bridgehead atoms. The Hall–Kier alpha value is -0.610. The summed E-state index contributed by atoms with van der Waals surface area (Å²) in [4.78, 5) is 11.3. The van der Waals surface area contributed by atoms with Gasteiger partial charge in [-0.1, -0.05) is 12.8 Å². The van der Waals surface area contributed by atoms with Crippen LogP contribution >= 0.6 is 0 Å². The predicted molar refractivity (Wildman–Crippen MR) is 76.0 cm³/mol. The topological polar surface area (TPSA) is 50.4 Å². The number of ether oxygens (including phenoxy) is 1. The van der Waals surface area contributed by atoms with Gasteiger partial charge in [-0.15, -0.1) is 0 Å². The van der Waals surface area contributed by atoms with Crippen LogP contribution in [0.1, 0.15) is 51.9 Å². The first-order chi connectivity index (χ1) is 9.31. The van der Waals surface area contributed by atoms with E-state index in [1.807, 2.05) is 6.92 Å². The summed E-state index contributed by atoms with van der Waals surface area (Å²) in [5, 5.41) is 7.26. The standard InChI is InChI=1S/C15H28N2O2/c1-2-19-15(18)9-11-17-14-8-5-6-12(14)13-7-3-4-10-16-13/h12-14,16-17H,2-11H2,1H3. The smallest absolute Gasteiger partial charge is 0.307 e. The lowest BCUT2D eigenvalue weighted by molar-refractivity contribution is -0.143. The van der Waals surface area contributed by atoms with Crippen molar-refractivity contribution in [3.05, 3.63) is 0 Å². The maximum absolute atomic E-state index is 11.3. The van der Waals surface area contributed by atoms with Gasteiger partial charge in [0.15, 0.2) is 0 Å². The van der Waals surface area contributed by atoms with Gasteiger partial charge < -0.3 is 15.4 Å². The van der Waals surface area contributed by atoms with E-state index in [0.29, 0.717) is 25.1 Å². The Morgan fingerprint density at radius 3 is 2.89 bits per heavy atom. The van der Waals surface area contributed by atoms with E-state index < -0.39 is 0 Å². The van der Waals surface area contributed by atoms with Crippen molar-refractivity contribution in [1.29, 1.82) is 0 Å². The molecule has 1 saturated carbocycles. The maximum atomic E-state index is 11.3. The highest BCUT2D eigenvalue weighted by atomic mass is 16.5. The van der Waals surface area contributed by atoms with Gasteiger partial charge in [-0.25, -0.2) is 0 Å². The lowest BCUT2D eigenvalue weighted by Crippen LogP contribution is -2.47. The minimum absolute atomic E-state index is 0.0830. The molecule has 0 spiro atoms. The molecule has 2 N–H and O–H groups in total. The molecule has 0 aromatic heterocycles. The predicted octanol–water partition coefficient (Wildman–Crippen LogP) is 1.84. The van der Waals surface area contributed by atoms with Crippen molar-refractivity contribution < 1.29 is 9.53 Å². The van der Waals surface area contributed by atoms with E-state index in [4.69, 9.17) is 4.74 Å². The molecule has 1 aliphatic carbocycles. The van der Waals surface area contributed by atoms with Gasteiger partial charge in [-0.05, 0) is 45.1 Å². The normalized spacial score (nSPS) is 31.3. The van der Waals surface area contributed by atoms with Gasteiger partial charge in [-0.3, -0.25) is 4.79 Å². The van der Waals surface area contributed by atoms with E-state index in [1.165, 1.54) is 45.1 Å². The number of nitrogens with one attached hydrogen (secondary N) is 2. The number of hydrogen-bond acceptors (Lipinski definition) is 4. The largest absolute Gasteiger partial charge is 0.466 e. The zero-order valence-corrected chi connectivity index (χ0v) is 12.1. The van der Waals surface area contributed by atoms with Crippen LogP contribution in [-0.2, 0) is 9.53 Å². The van der Waals surface area contributed by atoms with Crippen LogP contribution in [0.5, 0.6) is 0 Å². The van der Waals surface area contributed by atoms with Crippen molar-refractivity contribution >= 4 is 5.97 Å². The first kappa shape index (κ1) is 14.8. The summed E-state index contributed by atoms with van der Waals surface area (Å²) >= 11 is 0. The van der Waals surface area contributed by atoms with Crippen LogP contribution in [0.3, 0.4) is 0 Å². The second kappa shape index (κ2) is 7.85. The summed E-state index contributed by atoms with van der Waals surface area (Å²) in [5.41, 5.74) is 0. The second-order valence-corrected chi connectivity index (χ2v) is 5.77. The first-order valence-electron chi connectivity index (χ1n) is 7.93. The molecule has 2 aliphatic rings. The van der Waals surface area contributed by atoms with Crippen molar-refractivity contribution in [2.24, 2.45) is 5.92 Å². The molecule has 2 rings (SSSR count). The summed E-state index contributed by atoms with van der Waals surface area (Å²) in [5.74, 6) is 0.669. The molecule has 4 heteroatoms. The summed E-state index contributed by atoms with van der Waals surface area (Å²) in [6.07, 6.45) is 8.41. The number of hydrogen-bond donors (Lipinski definition) is 2. The van der Waals surface area contributed by atoms with Crippen LogP contribution in [0.15, 0.2) is 0 Å². The highest BCUT2D eigenvalue weighted by Crippen LogP contribution is 2.31. The van der Waals surface area contributed by atoms with Crippen molar-refractivity contribution in [3.8, 4) is 0 Å². The molecule has 19 heavy (non-hydrogen) atoms. The summed E-state index contributed by atoms with van der Waals surface area (Å²) < 4.78 is 4.96. The molecule has 0 aromatic rings. The van der Waals surface area contributed by atoms with Crippen LogP contribution in [0.25, 0.3) is 0 Å². The van der Waals surface area contributed by atoms with Crippen LogP contribution in [-0.4, -0.2) is 37.7 Å². The maximum Gasteiger partial charge on any atom is 0.307 e. The van der Waals surface area contributed by atoms with Crippen molar-refractivity contribution in [1.82, 2.24) is 10.6 Å². The van der Waals surface area contributed by atoms with Crippen molar-refractivity contribution in [2.75, 3.05) is 19.7 Å². The summed E-state index contributed by atoms with van der Waals surface area (Å²) in [6.45, 7) is 4.27. The Balaban J connectivity index is 1.71. The van der Waals surface area contributed by atoms with Crippen LogP contribution in [0.2, 0.25) is 0 Å². The van der Waals surface area contributed by atoms with Crippen LogP contribution in [0, 0.1) is 5.92 Å². The van der Waals surface area contributed by atoms with Gasteiger partial charge >= 0.3 is 5.97 Å². The van der Waals surface area contributed by atoms with Gasteiger partial charge in [-0.2, -0.15) is 0 Å². The molecular weight excluding hydrogens is 240 g/mol. The molecule has 4 nitrogen and oxygen atoms in total. The zero-order chi connectivity index (χ0) is 13.5. The molecular formula is C15H28N2O2. The molecule has 3 atom stereocenters. The Labute approximate surface area is 116 Å². The third-order valence-corrected chi connectivity index (χ3v) is 4.48. The van der Waals surface area contributed by atoms with E-state index in [1.54, 1.807) is 0 Å². The highest BCUT2D eigenvalue weighted by molar-refractivity contribution is 5.69. The van der Waals surface area contributed by atoms with Crippen LogP contribution < -0.4 is 10.6 Å². The average molecular weight is 268 g/mol. The molecule has 3 unspecified atom stereocenters. The third-order valence-electron chi connectivity index (χ3n) is 4.48. The van der Waals surface area contributed by atoms with E-state index in [2.05, 4.69) is 10.6 Å². The van der Waals surface area contributed by atoms with Crippen molar-refractivity contribution in [2.45, 2.75) is 64.0 Å². The fourth-order valence-corrected chi connectivity index (χ4v) is 3.56. The minimum atomic E-state index is -0.0830. The lowest BCUT2D eigenvalue weighted by atomic mass is 9.88. The molecule has 0 radical (unpaired) electrons. The first-order valence-corrected chi connectivity index (χ1v) is 7.93. The highest BCUT2D eigenvalue weighted by Gasteiger charge is 2.33. The quantitative estimate of drug-likeness (QED) is 0.722. The number of rotatable bonds is 6. The second-order valence-electron chi connectivity index (χ2n) is 5.77. The minimum Gasteiger partial charge on any atom is -0.466 e. The van der Waals surface area contributed by atoms with E-state index in [9.17, 15) is 4.79 Å². The third kappa shape index (κ3) is 4.46. The zero-order valence-electron chi connectivity index (χ0n) is 12.1. The Kier molecular flexibility index (Phi) is 6.11. The number of carbonyl (C=O) groups is 1. The van der Waals surface area contributed by atoms with Crippen molar-refractivity contribution in [3.63, 3.8) is 0 Å². The van der Waals surface area contributed by atoms with Gasteiger partial charge in [0, 0.05) is 18.6 Å². The number of carbonyl (C=O) groups excluding carboxylic acids is 1. The monoisotopic (exact) mass is 268 g/mol. The SMILES string of the molecule is CCOC(=O)CCNC1CCCC1C1CCCCN1.